The Morgan fingerprint density at radius 3 is 2.49 bits per heavy atom. The molecule has 8 rings (SSSR count). The largest absolute Gasteiger partial charge is 0.493 e. The molecule has 0 amide bonds. The average Bonchev–Trinajstić information content (AvgIpc) is 3.56. The zero-order valence-electron chi connectivity index (χ0n) is 22.6. The number of aliphatic hydroxyl groups is 1. The van der Waals surface area contributed by atoms with E-state index >= 15 is 0 Å². The fourth-order valence-corrected chi connectivity index (χ4v) is 10.3. The van der Waals surface area contributed by atoms with Gasteiger partial charge in [-0.25, -0.2) is 0 Å². The Hall–Kier alpha value is -1.26. The van der Waals surface area contributed by atoms with Gasteiger partial charge in [-0.1, -0.05) is 39.7 Å². The molecule has 0 radical (unpaired) electrons. The second-order valence-electron chi connectivity index (χ2n) is 14.4. The molecule has 1 N–H and O–H groups in total. The zero-order chi connectivity index (χ0) is 24.6. The minimum absolute atomic E-state index is 0.0199. The maximum absolute atomic E-state index is 12.3. The Kier molecular flexibility index (Phi) is 4.44. The maximum Gasteiger partial charge on any atom is 0.165 e. The average molecular weight is 481 g/mol. The van der Waals surface area contributed by atoms with Gasteiger partial charge in [0.05, 0.1) is 12.7 Å². The molecule has 2 spiro atoms. The number of hydrogen-bond acceptors (Lipinski definition) is 4. The van der Waals surface area contributed by atoms with E-state index in [1.807, 2.05) is 7.11 Å². The van der Waals surface area contributed by atoms with Gasteiger partial charge in [0.25, 0.3) is 0 Å². The fourth-order valence-electron chi connectivity index (χ4n) is 10.3. The van der Waals surface area contributed by atoms with Crippen molar-refractivity contribution in [2.75, 3.05) is 14.2 Å². The van der Waals surface area contributed by atoms with E-state index in [4.69, 9.17) is 14.2 Å². The smallest absolute Gasteiger partial charge is 0.165 e. The van der Waals surface area contributed by atoms with Gasteiger partial charge in [0.2, 0.25) is 0 Å². The highest BCUT2D eigenvalue weighted by Crippen LogP contribution is 2.80. The van der Waals surface area contributed by atoms with Crippen LogP contribution < -0.4 is 9.47 Å². The highest BCUT2D eigenvalue weighted by atomic mass is 16.6. The summed E-state index contributed by atoms with van der Waals surface area (Å²) in [6.07, 6.45) is 11.1. The topological polar surface area (TPSA) is 47.9 Å². The fraction of sp³-hybridized carbons (Fsp3) is 0.806. The van der Waals surface area contributed by atoms with Gasteiger partial charge >= 0.3 is 0 Å². The molecule has 0 saturated heterocycles. The van der Waals surface area contributed by atoms with E-state index in [9.17, 15) is 5.11 Å². The van der Waals surface area contributed by atoms with Crippen molar-refractivity contribution in [3.05, 3.63) is 23.3 Å². The molecule has 8 atom stereocenters. The minimum Gasteiger partial charge on any atom is -0.493 e. The summed E-state index contributed by atoms with van der Waals surface area (Å²) in [5.74, 6) is 4.30. The van der Waals surface area contributed by atoms with E-state index in [-0.39, 0.29) is 28.3 Å². The summed E-state index contributed by atoms with van der Waals surface area (Å²) in [7, 11) is 3.65. The van der Waals surface area contributed by atoms with Crippen LogP contribution in [0.5, 0.6) is 11.5 Å². The first-order valence-corrected chi connectivity index (χ1v) is 14.2. The van der Waals surface area contributed by atoms with Crippen molar-refractivity contribution in [1.29, 1.82) is 0 Å². The van der Waals surface area contributed by atoms with E-state index < -0.39 is 11.2 Å². The van der Waals surface area contributed by atoms with Crippen molar-refractivity contribution < 1.29 is 19.3 Å². The normalized spacial score (nSPS) is 44.4. The van der Waals surface area contributed by atoms with Gasteiger partial charge in [-0.15, -0.1) is 0 Å². The molecule has 2 unspecified atom stereocenters. The van der Waals surface area contributed by atoms with Gasteiger partial charge < -0.3 is 19.3 Å². The molecule has 5 saturated carbocycles. The molecular formula is C31H44O4. The quantitative estimate of drug-likeness (QED) is 0.557. The summed E-state index contributed by atoms with van der Waals surface area (Å²) in [6.45, 7) is 8.65. The van der Waals surface area contributed by atoms with Crippen LogP contribution in [0.1, 0.15) is 90.2 Å². The van der Waals surface area contributed by atoms with Crippen LogP contribution in [0.4, 0.5) is 0 Å². The van der Waals surface area contributed by atoms with Crippen molar-refractivity contribution in [2.45, 2.75) is 108 Å². The number of benzene rings is 1. The molecule has 4 heteroatoms. The summed E-state index contributed by atoms with van der Waals surface area (Å²) in [4.78, 5) is 0. The van der Waals surface area contributed by atoms with Gasteiger partial charge in [0, 0.05) is 24.0 Å². The molecule has 192 valence electrons. The van der Waals surface area contributed by atoms with Crippen LogP contribution in [0.15, 0.2) is 12.1 Å². The maximum atomic E-state index is 12.3. The van der Waals surface area contributed by atoms with Crippen molar-refractivity contribution in [3.8, 4) is 11.5 Å². The monoisotopic (exact) mass is 480 g/mol. The molecule has 1 aromatic carbocycles. The van der Waals surface area contributed by atoms with Gasteiger partial charge in [0.15, 0.2) is 11.5 Å². The van der Waals surface area contributed by atoms with Crippen LogP contribution in [0, 0.1) is 34.5 Å². The molecule has 0 aromatic heterocycles. The Balaban J connectivity index is 1.48. The predicted molar refractivity (Wildman–Crippen MR) is 136 cm³/mol. The van der Waals surface area contributed by atoms with Crippen LogP contribution in [0.2, 0.25) is 0 Å². The molecule has 1 heterocycles. The molecule has 35 heavy (non-hydrogen) atoms. The lowest BCUT2D eigenvalue weighted by atomic mass is 9.30. The van der Waals surface area contributed by atoms with Crippen molar-refractivity contribution in [1.82, 2.24) is 0 Å². The molecule has 1 aliphatic heterocycles. The molecule has 4 nitrogen and oxygen atoms in total. The highest BCUT2D eigenvalue weighted by molar-refractivity contribution is 5.63. The molecule has 4 bridgehead atoms. The Labute approximate surface area is 211 Å². The van der Waals surface area contributed by atoms with Crippen molar-refractivity contribution in [2.24, 2.45) is 34.5 Å². The first kappa shape index (κ1) is 22.9. The Morgan fingerprint density at radius 2 is 1.83 bits per heavy atom. The summed E-state index contributed by atoms with van der Waals surface area (Å²) in [5, 5.41) is 12.3. The number of ether oxygens (including phenoxy) is 3. The number of fused-ring (bicyclic) bond motifs is 2. The van der Waals surface area contributed by atoms with Gasteiger partial charge in [-0.3, -0.25) is 0 Å². The predicted octanol–water partition coefficient (Wildman–Crippen LogP) is 6.06. The first-order valence-electron chi connectivity index (χ1n) is 14.2. The van der Waals surface area contributed by atoms with E-state index in [0.29, 0.717) is 5.92 Å². The van der Waals surface area contributed by atoms with E-state index in [1.165, 1.54) is 49.7 Å². The molecule has 6 aliphatic carbocycles. The van der Waals surface area contributed by atoms with E-state index in [0.717, 1.165) is 42.6 Å². The van der Waals surface area contributed by atoms with Crippen LogP contribution in [0.25, 0.3) is 0 Å². The summed E-state index contributed by atoms with van der Waals surface area (Å²) >= 11 is 0. The lowest BCUT2D eigenvalue weighted by molar-refractivity contribution is -0.314. The number of hydrogen-bond donors (Lipinski definition) is 1. The Bertz CT molecular complexity index is 1070. The lowest BCUT2D eigenvalue weighted by Gasteiger charge is -2.75. The third-order valence-corrected chi connectivity index (χ3v) is 12.5. The molecule has 5 fully saturated rings. The summed E-state index contributed by atoms with van der Waals surface area (Å²) in [5.41, 5.74) is 1.49. The van der Waals surface area contributed by atoms with Gasteiger partial charge in [0.1, 0.15) is 11.7 Å². The number of rotatable bonds is 5. The Morgan fingerprint density at radius 1 is 1.06 bits per heavy atom. The zero-order valence-corrected chi connectivity index (χ0v) is 22.6. The minimum atomic E-state index is -0.860. The van der Waals surface area contributed by atoms with Crippen molar-refractivity contribution in [3.63, 3.8) is 0 Å². The van der Waals surface area contributed by atoms with Gasteiger partial charge in [-0.05, 0) is 92.1 Å². The van der Waals surface area contributed by atoms with E-state index in [1.54, 1.807) is 7.11 Å². The molecule has 7 aliphatic rings. The lowest BCUT2D eigenvalue weighted by Crippen LogP contribution is -2.80. The molecular weight excluding hydrogens is 436 g/mol. The van der Waals surface area contributed by atoms with Crippen LogP contribution in [0.3, 0.4) is 0 Å². The third-order valence-electron chi connectivity index (χ3n) is 12.5. The van der Waals surface area contributed by atoms with Crippen LogP contribution >= 0.6 is 0 Å². The summed E-state index contributed by atoms with van der Waals surface area (Å²) < 4.78 is 19.7. The van der Waals surface area contributed by atoms with Gasteiger partial charge in [-0.2, -0.15) is 0 Å². The summed E-state index contributed by atoms with van der Waals surface area (Å²) in [6, 6.07) is 4.48. The molecule has 1 aromatic rings. The second kappa shape index (κ2) is 6.78. The van der Waals surface area contributed by atoms with Crippen LogP contribution in [-0.4, -0.2) is 36.6 Å². The standard InChI is InChI=1S/C31H44O4/c1-27(2,3)28(4,32)23-17-29-13-14-31(23,34-6)26-30(29)12-11-19(15-18-7-8-18)21(29)16-20-9-10-22(33-5)25(35-26)24(20)30/h9-10,18-19,21,23,26,32H,7-8,11-17H2,1-6H3/t19?,21-,23+,26+,28?,29+,30-,31+/m0/s1. The highest BCUT2D eigenvalue weighted by Gasteiger charge is 2.82. The third kappa shape index (κ3) is 2.48. The SMILES string of the molecule is COc1ccc2c3c1O[C@H]1[C@@]4(OC)CC[C@@]5(C[C@@H]4C(C)(O)C(C)(C)C)[C@@H](C2)C(CC2CC2)CC[C@]315. The number of methoxy groups -OCH3 is 2. The van der Waals surface area contributed by atoms with Crippen LogP contribution in [-0.2, 0) is 16.6 Å². The van der Waals surface area contributed by atoms with E-state index in [2.05, 4.69) is 39.8 Å². The first-order chi connectivity index (χ1) is 16.6. The van der Waals surface area contributed by atoms with Crippen molar-refractivity contribution >= 4 is 0 Å². The second-order valence-corrected chi connectivity index (χ2v) is 14.4.